The monoisotopic (exact) mass is 399 g/mol. The van der Waals surface area contributed by atoms with Gasteiger partial charge in [0.15, 0.2) is 0 Å². The number of nitrogen functional groups attached to an aromatic ring is 1. The van der Waals surface area contributed by atoms with Crippen molar-refractivity contribution in [3.63, 3.8) is 0 Å². The number of anilines is 1. The molecular formula is C23H21N5O2. The van der Waals surface area contributed by atoms with Crippen LogP contribution in [0.4, 0.5) is 5.69 Å². The van der Waals surface area contributed by atoms with Crippen LogP contribution < -0.4 is 11.3 Å². The summed E-state index contributed by atoms with van der Waals surface area (Å²) < 4.78 is 0. The summed E-state index contributed by atoms with van der Waals surface area (Å²) in [7, 11) is 0. The summed E-state index contributed by atoms with van der Waals surface area (Å²) >= 11 is 0. The molecule has 0 spiro atoms. The lowest BCUT2D eigenvalue weighted by molar-refractivity contribution is 0.239. The van der Waals surface area contributed by atoms with E-state index in [2.05, 4.69) is 14.9 Å². The number of hydrogen-bond donors (Lipinski definition) is 3. The molecule has 2 aromatic heterocycles. The van der Waals surface area contributed by atoms with Gasteiger partial charge in [-0.15, -0.1) is 0 Å². The number of nitrogens with zero attached hydrogens (tertiary/aromatic N) is 3. The van der Waals surface area contributed by atoms with Crippen LogP contribution in [0.15, 0.2) is 59.4 Å². The molecule has 7 heteroatoms. The van der Waals surface area contributed by atoms with Gasteiger partial charge in [0.1, 0.15) is 17.1 Å². The van der Waals surface area contributed by atoms with E-state index in [0.29, 0.717) is 42.1 Å². The van der Waals surface area contributed by atoms with Crippen molar-refractivity contribution in [2.45, 2.75) is 19.5 Å². The number of fused-ring (bicyclic) bond motifs is 2. The number of pyridine rings is 1. The highest BCUT2D eigenvalue weighted by Gasteiger charge is 2.22. The zero-order chi connectivity index (χ0) is 20.7. The van der Waals surface area contributed by atoms with E-state index < -0.39 is 0 Å². The summed E-state index contributed by atoms with van der Waals surface area (Å²) in [4.78, 5) is 27.1. The van der Waals surface area contributed by atoms with Crippen LogP contribution in [0.1, 0.15) is 17.0 Å². The van der Waals surface area contributed by atoms with Crippen LogP contribution in [-0.4, -0.2) is 31.5 Å². The molecule has 30 heavy (non-hydrogen) atoms. The highest BCUT2D eigenvalue weighted by molar-refractivity contribution is 5.84. The third kappa shape index (κ3) is 3.40. The second-order valence-corrected chi connectivity index (χ2v) is 7.57. The van der Waals surface area contributed by atoms with Crippen molar-refractivity contribution < 1.29 is 5.11 Å². The first-order chi connectivity index (χ1) is 14.6. The van der Waals surface area contributed by atoms with E-state index in [4.69, 9.17) is 10.7 Å². The molecule has 4 aromatic rings. The normalized spacial score (nSPS) is 14.0. The number of para-hydroxylation sites is 1. The molecule has 0 fully saturated rings. The molecule has 2 aromatic carbocycles. The molecule has 0 bridgehead atoms. The molecule has 4 N–H and O–H groups in total. The third-order valence-corrected chi connectivity index (χ3v) is 5.47. The fourth-order valence-electron chi connectivity index (χ4n) is 3.88. The van der Waals surface area contributed by atoms with E-state index >= 15 is 0 Å². The lowest BCUT2D eigenvalue weighted by Crippen LogP contribution is -2.35. The van der Waals surface area contributed by atoms with Crippen LogP contribution in [-0.2, 0) is 19.5 Å². The van der Waals surface area contributed by atoms with E-state index in [0.717, 1.165) is 28.9 Å². The first kappa shape index (κ1) is 18.3. The van der Waals surface area contributed by atoms with Crippen LogP contribution >= 0.6 is 0 Å². The Hall–Kier alpha value is -3.71. The highest BCUT2D eigenvalue weighted by atomic mass is 16.3. The SMILES string of the molecule is Nc1ccc(-c2nc3c(c(=O)[nH]2)CN(Cc2ccc4cccc(O)c4n2)CC3)cc1. The minimum absolute atomic E-state index is 0.111. The topological polar surface area (TPSA) is 108 Å². The smallest absolute Gasteiger partial charge is 0.255 e. The second kappa shape index (κ2) is 7.27. The Kier molecular flexibility index (Phi) is 4.44. The first-order valence-corrected chi connectivity index (χ1v) is 9.85. The van der Waals surface area contributed by atoms with Crippen molar-refractivity contribution in [3.8, 4) is 17.1 Å². The number of rotatable bonds is 3. The second-order valence-electron chi connectivity index (χ2n) is 7.57. The van der Waals surface area contributed by atoms with Crippen molar-refractivity contribution in [2.24, 2.45) is 0 Å². The molecule has 1 aliphatic heterocycles. The maximum Gasteiger partial charge on any atom is 0.255 e. The Morgan fingerprint density at radius 1 is 1.07 bits per heavy atom. The number of nitrogens with one attached hydrogen (secondary N) is 1. The van der Waals surface area contributed by atoms with Crippen LogP contribution in [0.2, 0.25) is 0 Å². The van der Waals surface area contributed by atoms with Crippen molar-refractivity contribution >= 4 is 16.6 Å². The van der Waals surface area contributed by atoms with Crippen molar-refractivity contribution in [2.75, 3.05) is 12.3 Å². The summed E-state index contributed by atoms with van der Waals surface area (Å²) in [6, 6.07) is 16.6. The van der Waals surface area contributed by atoms with Gasteiger partial charge >= 0.3 is 0 Å². The third-order valence-electron chi connectivity index (χ3n) is 5.47. The van der Waals surface area contributed by atoms with Crippen LogP contribution in [0.5, 0.6) is 5.75 Å². The molecule has 0 unspecified atom stereocenters. The Morgan fingerprint density at radius 2 is 1.90 bits per heavy atom. The average molecular weight is 399 g/mol. The Labute approximate surface area is 172 Å². The predicted molar refractivity (Wildman–Crippen MR) is 116 cm³/mol. The minimum Gasteiger partial charge on any atom is -0.506 e. The van der Waals surface area contributed by atoms with Crippen molar-refractivity contribution in [1.29, 1.82) is 0 Å². The van der Waals surface area contributed by atoms with E-state index in [1.165, 1.54) is 0 Å². The largest absolute Gasteiger partial charge is 0.506 e. The zero-order valence-electron chi connectivity index (χ0n) is 16.3. The molecule has 5 rings (SSSR count). The zero-order valence-corrected chi connectivity index (χ0v) is 16.3. The van der Waals surface area contributed by atoms with Gasteiger partial charge in [-0.2, -0.15) is 0 Å². The molecule has 0 saturated heterocycles. The van der Waals surface area contributed by atoms with E-state index in [1.54, 1.807) is 24.3 Å². The van der Waals surface area contributed by atoms with Gasteiger partial charge in [0.2, 0.25) is 0 Å². The molecule has 0 amide bonds. The molecule has 0 radical (unpaired) electrons. The Bertz CT molecular complexity index is 1300. The number of aromatic hydroxyl groups is 1. The number of phenols is 1. The number of aromatic amines is 1. The van der Waals surface area contributed by atoms with Gasteiger partial charge in [0, 0.05) is 42.7 Å². The Balaban J connectivity index is 1.39. The number of hydrogen-bond acceptors (Lipinski definition) is 6. The predicted octanol–water partition coefficient (Wildman–Crippen LogP) is 2.83. The molecular weight excluding hydrogens is 378 g/mol. The Morgan fingerprint density at radius 3 is 2.73 bits per heavy atom. The fraction of sp³-hybridized carbons (Fsp3) is 0.174. The summed E-state index contributed by atoms with van der Waals surface area (Å²) in [6.45, 7) is 1.90. The van der Waals surface area contributed by atoms with Crippen LogP contribution in [0, 0.1) is 0 Å². The molecule has 1 aliphatic rings. The maximum atomic E-state index is 12.7. The number of nitrogens with two attached hydrogens (primary N) is 1. The lowest BCUT2D eigenvalue weighted by Gasteiger charge is -2.27. The number of H-pyrrole nitrogens is 1. The van der Waals surface area contributed by atoms with Crippen LogP contribution in [0.3, 0.4) is 0 Å². The molecule has 7 nitrogen and oxygen atoms in total. The van der Waals surface area contributed by atoms with Gasteiger partial charge in [0.25, 0.3) is 5.56 Å². The van der Waals surface area contributed by atoms with Crippen molar-refractivity contribution in [1.82, 2.24) is 19.9 Å². The quantitative estimate of drug-likeness (QED) is 0.457. The first-order valence-electron chi connectivity index (χ1n) is 9.85. The maximum absolute atomic E-state index is 12.7. The lowest BCUT2D eigenvalue weighted by atomic mass is 10.1. The summed E-state index contributed by atoms with van der Waals surface area (Å²) in [5, 5.41) is 11.0. The van der Waals surface area contributed by atoms with E-state index in [9.17, 15) is 9.90 Å². The summed E-state index contributed by atoms with van der Waals surface area (Å²) in [5.74, 6) is 0.744. The fourth-order valence-corrected chi connectivity index (χ4v) is 3.88. The molecule has 150 valence electrons. The highest BCUT2D eigenvalue weighted by Crippen LogP contribution is 2.24. The minimum atomic E-state index is -0.111. The molecule has 0 aliphatic carbocycles. The standard InChI is InChI=1S/C23H21N5O2/c24-16-7-4-15(5-8-16)22-26-19-10-11-28(13-18(19)23(30)27-22)12-17-9-6-14-2-1-3-20(29)21(14)25-17/h1-9,29H,10-13,24H2,(H,26,27,30). The van der Waals surface area contributed by atoms with Gasteiger partial charge in [-0.1, -0.05) is 18.2 Å². The molecule has 0 saturated carbocycles. The van der Waals surface area contributed by atoms with Gasteiger partial charge in [0.05, 0.1) is 17.0 Å². The average Bonchev–Trinajstić information content (AvgIpc) is 2.75. The number of phenolic OH excluding ortho intramolecular Hbond substituents is 1. The number of benzene rings is 2. The molecule has 3 heterocycles. The molecule has 0 atom stereocenters. The number of aromatic nitrogens is 3. The summed E-state index contributed by atoms with van der Waals surface area (Å²) in [6.07, 6.45) is 0.695. The van der Waals surface area contributed by atoms with E-state index in [1.807, 2.05) is 30.3 Å². The van der Waals surface area contributed by atoms with Crippen LogP contribution in [0.25, 0.3) is 22.3 Å². The summed E-state index contributed by atoms with van der Waals surface area (Å²) in [5.41, 5.74) is 10.1. The van der Waals surface area contributed by atoms with Gasteiger partial charge in [-0.05, 0) is 36.4 Å². The van der Waals surface area contributed by atoms with Gasteiger partial charge in [-0.3, -0.25) is 9.69 Å². The van der Waals surface area contributed by atoms with Gasteiger partial charge in [-0.25, -0.2) is 9.97 Å². The van der Waals surface area contributed by atoms with E-state index in [-0.39, 0.29) is 11.3 Å². The van der Waals surface area contributed by atoms with Crippen molar-refractivity contribution in [3.05, 3.63) is 81.9 Å². The van der Waals surface area contributed by atoms with Gasteiger partial charge < -0.3 is 15.8 Å².